The Kier molecular flexibility index (Phi) is 6.03. The topological polar surface area (TPSA) is 55.4 Å². The SMILES string of the molecule is CC(=O)NCCCOC(=O)c1cccc(F)c1I. The van der Waals surface area contributed by atoms with Crippen molar-refractivity contribution in [1.29, 1.82) is 0 Å². The van der Waals surface area contributed by atoms with Crippen LogP contribution in [0.1, 0.15) is 23.7 Å². The standard InChI is InChI=1S/C12H13FINO3/c1-8(16)15-6-3-7-18-12(17)9-4-2-5-10(13)11(9)14/h2,4-5H,3,6-7H2,1H3,(H,15,16). The van der Waals surface area contributed by atoms with Crippen LogP contribution in [0.3, 0.4) is 0 Å². The van der Waals surface area contributed by atoms with Crippen molar-refractivity contribution < 1.29 is 18.7 Å². The Morgan fingerprint density at radius 1 is 1.44 bits per heavy atom. The molecule has 0 unspecified atom stereocenters. The summed E-state index contributed by atoms with van der Waals surface area (Å²) in [5.74, 6) is -1.12. The first kappa shape index (κ1) is 14.9. The first-order valence-corrected chi connectivity index (χ1v) is 6.46. The molecule has 0 aliphatic rings. The molecule has 0 radical (unpaired) electrons. The quantitative estimate of drug-likeness (QED) is 0.494. The molecule has 0 saturated carbocycles. The summed E-state index contributed by atoms with van der Waals surface area (Å²) in [4.78, 5) is 22.2. The number of ether oxygens (including phenoxy) is 1. The number of hydrogen-bond acceptors (Lipinski definition) is 3. The van der Waals surface area contributed by atoms with Crippen LogP contribution >= 0.6 is 22.6 Å². The van der Waals surface area contributed by atoms with Gasteiger partial charge in [-0.3, -0.25) is 4.79 Å². The van der Waals surface area contributed by atoms with E-state index in [0.717, 1.165) is 0 Å². The molecule has 6 heteroatoms. The Balaban J connectivity index is 2.41. The summed E-state index contributed by atoms with van der Waals surface area (Å²) in [6.45, 7) is 2.05. The summed E-state index contributed by atoms with van der Waals surface area (Å²) in [6, 6.07) is 4.27. The lowest BCUT2D eigenvalue weighted by molar-refractivity contribution is -0.118. The normalized spacial score (nSPS) is 9.94. The molecule has 1 amide bonds. The van der Waals surface area contributed by atoms with Gasteiger partial charge in [-0.25, -0.2) is 9.18 Å². The summed E-state index contributed by atoms with van der Waals surface area (Å²) in [7, 11) is 0. The highest BCUT2D eigenvalue weighted by Gasteiger charge is 2.13. The highest BCUT2D eigenvalue weighted by atomic mass is 127. The van der Waals surface area contributed by atoms with E-state index in [1.807, 2.05) is 0 Å². The number of esters is 1. The van der Waals surface area contributed by atoms with Gasteiger partial charge in [0, 0.05) is 13.5 Å². The van der Waals surface area contributed by atoms with Crippen LogP contribution in [0, 0.1) is 9.39 Å². The number of hydrogen-bond donors (Lipinski definition) is 1. The molecule has 0 fully saturated rings. The van der Waals surface area contributed by atoms with Gasteiger partial charge >= 0.3 is 5.97 Å². The largest absolute Gasteiger partial charge is 0.462 e. The van der Waals surface area contributed by atoms with Crippen molar-refractivity contribution in [3.8, 4) is 0 Å². The van der Waals surface area contributed by atoms with E-state index in [9.17, 15) is 14.0 Å². The van der Waals surface area contributed by atoms with E-state index in [-0.39, 0.29) is 21.6 Å². The molecule has 0 atom stereocenters. The van der Waals surface area contributed by atoms with Crippen LogP contribution in [0.5, 0.6) is 0 Å². The van der Waals surface area contributed by atoms with Crippen LogP contribution in [0.15, 0.2) is 18.2 Å². The Morgan fingerprint density at radius 2 is 2.17 bits per heavy atom. The average molecular weight is 365 g/mol. The molecule has 0 aromatic heterocycles. The van der Waals surface area contributed by atoms with Crippen LogP contribution in [-0.2, 0) is 9.53 Å². The van der Waals surface area contributed by atoms with Crippen LogP contribution in [0.2, 0.25) is 0 Å². The van der Waals surface area contributed by atoms with Crippen LogP contribution < -0.4 is 5.32 Å². The van der Waals surface area contributed by atoms with E-state index in [2.05, 4.69) is 5.32 Å². The monoisotopic (exact) mass is 365 g/mol. The molecule has 0 bridgehead atoms. The van der Waals surface area contributed by atoms with E-state index < -0.39 is 11.8 Å². The minimum absolute atomic E-state index is 0.124. The molecule has 4 nitrogen and oxygen atoms in total. The van der Waals surface area contributed by atoms with Gasteiger partial charge in [0.05, 0.1) is 15.7 Å². The van der Waals surface area contributed by atoms with Gasteiger partial charge in [-0.15, -0.1) is 0 Å². The predicted octanol–water partition coefficient (Wildman–Crippen LogP) is 2.11. The van der Waals surface area contributed by atoms with Crippen molar-refractivity contribution in [2.75, 3.05) is 13.2 Å². The molecule has 1 N–H and O–H groups in total. The summed E-state index contributed by atoms with van der Waals surface area (Å²) in [5, 5.41) is 2.59. The Bertz CT molecular complexity index is 451. The van der Waals surface area contributed by atoms with Crippen LogP contribution in [0.25, 0.3) is 0 Å². The van der Waals surface area contributed by atoms with E-state index >= 15 is 0 Å². The molecule has 1 aromatic carbocycles. The number of benzene rings is 1. The highest BCUT2D eigenvalue weighted by molar-refractivity contribution is 14.1. The second-order valence-electron chi connectivity index (χ2n) is 3.57. The van der Waals surface area contributed by atoms with Crippen molar-refractivity contribution in [1.82, 2.24) is 5.32 Å². The lowest BCUT2D eigenvalue weighted by Gasteiger charge is -2.07. The Hall–Kier alpha value is -1.18. The van der Waals surface area contributed by atoms with Gasteiger partial charge in [0.1, 0.15) is 5.82 Å². The second-order valence-corrected chi connectivity index (χ2v) is 4.65. The van der Waals surface area contributed by atoms with Crippen LogP contribution in [0.4, 0.5) is 4.39 Å². The molecular weight excluding hydrogens is 352 g/mol. The summed E-state index contributed by atoms with van der Waals surface area (Å²) < 4.78 is 18.4. The second kappa shape index (κ2) is 7.30. The van der Waals surface area contributed by atoms with Gasteiger partial charge < -0.3 is 10.1 Å². The molecular formula is C12H13FINO3. The Morgan fingerprint density at radius 3 is 2.83 bits per heavy atom. The maximum absolute atomic E-state index is 13.2. The maximum Gasteiger partial charge on any atom is 0.339 e. The number of nitrogens with one attached hydrogen (secondary N) is 1. The molecule has 0 heterocycles. The maximum atomic E-state index is 13.2. The molecule has 0 aliphatic carbocycles. The lowest BCUT2D eigenvalue weighted by Crippen LogP contribution is -2.22. The number of amides is 1. The minimum atomic E-state index is -0.554. The Labute approximate surface area is 118 Å². The average Bonchev–Trinajstić information content (AvgIpc) is 2.31. The summed E-state index contributed by atoms with van der Waals surface area (Å²) in [6.07, 6.45) is 0.525. The molecule has 0 saturated heterocycles. The van der Waals surface area contributed by atoms with Crippen molar-refractivity contribution in [3.63, 3.8) is 0 Å². The fourth-order valence-electron chi connectivity index (χ4n) is 1.24. The zero-order chi connectivity index (χ0) is 13.5. The first-order valence-electron chi connectivity index (χ1n) is 5.38. The predicted molar refractivity (Wildman–Crippen MR) is 72.7 cm³/mol. The number of halogens is 2. The van der Waals surface area contributed by atoms with Crippen molar-refractivity contribution in [2.24, 2.45) is 0 Å². The molecule has 98 valence electrons. The van der Waals surface area contributed by atoms with E-state index in [1.54, 1.807) is 22.6 Å². The van der Waals surface area contributed by atoms with Gasteiger partial charge in [-0.2, -0.15) is 0 Å². The first-order chi connectivity index (χ1) is 8.52. The molecule has 0 spiro atoms. The van der Waals surface area contributed by atoms with Crippen molar-refractivity contribution in [2.45, 2.75) is 13.3 Å². The van der Waals surface area contributed by atoms with Crippen LogP contribution in [-0.4, -0.2) is 25.0 Å². The van der Waals surface area contributed by atoms with E-state index in [0.29, 0.717) is 13.0 Å². The molecule has 18 heavy (non-hydrogen) atoms. The molecule has 0 aliphatic heterocycles. The van der Waals surface area contributed by atoms with Gasteiger partial charge in [-0.05, 0) is 41.1 Å². The van der Waals surface area contributed by atoms with Gasteiger partial charge in [0.25, 0.3) is 0 Å². The van der Waals surface area contributed by atoms with Gasteiger partial charge in [0.2, 0.25) is 5.91 Å². The van der Waals surface area contributed by atoms with Gasteiger partial charge in [0.15, 0.2) is 0 Å². The third-order valence-electron chi connectivity index (χ3n) is 2.10. The summed E-state index contributed by atoms with van der Waals surface area (Å²) >= 11 is 1.76. The van der Waals surface area contributed by atoms with E-state index in [1.165, 1.54) is 25.1 Å². The number of carbonyl (C=O) groups excluding carboxylic acids is 2. The molecule has 1 rings (SSSR count). The lowest BCUT2D eigenvalue weighted by atomic mass is 10.2. The zero-order valence-corrected chi connectivity index (χ0v) is 12.0. The third kappa shape index (κ3) is 4.59. The minimum Gasteiger partial charge on any atom is -0.462 e. The third-order valence-corrected chi connectivity index (χ3v) is 3.20. The highest BCUT2D eigenvalue weighted by Crippen LogP contribution is 2.16. The number of carbonyl (C=O) groups is 2. The fourth-order valence-corrected chi connectivity index (χ4v) is 1.82. The number of rotatable bonds is 5. The zero-order valence-electron chi connectivity index (χ0n) is 9.83. The summed E-state index contributed by atoms with van der Waals surface area (Å²) in [5.41, 5.74) is 0.218. The van der Waals surface area contributed by atoms with Gasteiger partial charge in [-0.1, -0.05) is 6.07 Å². The smallest absolute Gasteiger partial charge is 0.339 e. The van der Waals surface area contributed by atoms with Crippen molar-refractivity contribution in [3.05, 3.63) is 33.1 Å². The van der Waals surface area contributed by atoms with E-state index in [4.69, 9.17) is 4.74 Å². The fraction of sp³-hybridized carbons (Fsp3) is 0.333. The molecule has 1 aromatic rings. The van der Waals surface area contributed by atoms with Crippen molar-refractivity contribution >= 4 is 34.5 Å².